The van der Waals surface area contributed by atoms with Gasteiger partial charge in [0.05, 0.1) is 5.92 Å². The van der Waals surface area contributed by atoms with E-state index in [1.807, 2.05) is 25.2 Å². The molecule has 0 amide bonds. The number of pyridine rings is 1. The van der Waals surface area contributed by atoms with Crippen molar-refractivity contribution in [3.8, 4) is 0 Å². The molecule has 0 atom stereocenters. The van der Waals surface area contributed by atoms with Crippen molar-refractivity contribution in [3.63, 3.8) is 0 Å². The molecule has 1 aromatic rings. The summed E-state index contributed by atoms with van der Waals surface area (Å²) < 4.78 is 0. The number of carbonyl (C=O) groups is 1. The van der Waals surface area contributed by atoms with Crippen LogP contribution in [-0.2, 0) is 4.79 Å². The number of hydrogen-bond donors (Lipinski definition) is 1. The van der Waals surface area contributed by atoms with Crippen LogP contribution in [0.15, 0.2) is 24.4 Å². The van der Waals surface area contributed by atoms with E-state index in [9.17, 15) is 4.79 Å². The molecule has 15 heavy (non-hydrogen) atoms. The molecule has 2 rings (SSSR count). The number of hydrogen-bond acceptors (Lipinski definition) is 3. The summed E-state index contributed by atoms with van der Waals surface area (Å²) in [6.07, 6.45) is 3.20. The molecule has 0 radical (unpaired) electrons. The third-order valence-electron chi connectivity index (χ3n) is 3.02. The zero-order chi connectivity index (χ0) is 10.8. The van der Waals surface area contributed by atoms with E-state index in [1.165, 1.54) is 0 Å². The molecule has 0 saturated heterocycles. The molecule has 80 valence electrons. The molecule has 0 bridgehead atoms. The first-order valence-electron chi connectivity index (χ1n) is 5.05. The van der Waals surface area contributed by atoms with Gasteiger partial charge < -0.3 is 10.0 Å². The van der Waals surface area contributed by atoms with E-state index in [4.69, 9.17) is 5.11 Å². The number of carboxylic acid groups (broad SMARTS) is 1. The SMILES string of the molecule is CN(c1ccccn1)C1CC(C(=O)O)C1. The third kappa shape index (κ3) is 1.93. The van der Waals surface area contributed by atoms with Crippen molar-refractivity contribution in [1.29, 1.82) is 0 Å². The van der Waals surface area contributed by atoms with Gasteiger partial charge in [0.25, 0.3) is 0 Å². The zero-order valence-corrected chi connectivity index (χ0v) is 8.63. The predicted octanol–water partition coefficient (Wildman–Crippen LogP) is 1.38. The zero-order valence-electron chi connectivity index (χ0n) is 8.63. The Bertz CT molecular complexity index is 347. The lowest BCUT2D eigenvalue weighted by Crippen LogP contribution is -2.45. The molecule has 4 nitrogen and oxygen atoms in total. The summed E-state index contributed by atoms with van der Waals surface area (Å²) in [5.74, 6) is 0.0631. The van der Waals surface area contributed by atoms with E-state index in [1.54, 1.807) is 6.20 Å². The first kappa shape index (κ1) is 9.96. The molecule has 1 N–H and O–H groups in total. The maximum atomic E-state index is 10.7. The standard InChI is InChI=1S/C11H14N2O2/c1-13(10-4-2-3-5-12-10)9-6-8(7-9)11(14)15/h2-5,8-9H,6-7H2,1H3,(H,14,15). The van der Waals surface area contributed by atoms with Gasteiger partial charge >= 0.3 is 5.97 Å². The van der Waals surface area contributed by atoms with Crippen LogP contribution in [-0.4, -0.2) is 29.1 Å². The van der Waals surface area contributed by atoms with E-state index in [0.29, 0.717) is 6.04 Å². The first-order chi connectivity index (χ1) is 7.18. The Morgan fingerprint density at radius 2 is 2.27 bits per heavy atom. The molecule has 0 aliphatic heterocycles. The maximum absolute atomic E-state index is 10.7. The minimum Gasteiger partial charge on any atom is -0.481 e. The van der Waals surface area contributed by atoms with Gasteiger partial charge in [-0.1, -0.05) is 6.07 Å². The van der Waals surface area contributed by atoms with Crippen LogP contribution in [0.3, 0.4) is 0 Å². The summed E-state index contributed by atoms with van der Waals surface area (Å²) >= 11 is 0. The minimum atomic E-state index is -0.680. The lowest BCUT2D eigenvalue weighted by atomic mass is 9.79. The molecule has 0 spiro atoms. The van der Waals surface area contributed by atoms with Crippen LogP contribution in [0, 0.1) is 5.92 Å². The van der Waals surface area contributed by atoms with Gasteiger partial charge in [0, 0.05) is 19.3 Å². The Morgan fingerprint density at radius 1 is 1.53 bits per heavy atom. The van der Waals surface area contributed by atoms with Gasteiger partial charge in [-0.2, -0.15) is 0 Å². The van der Waals surface area contributed by atoms with Gasteiger partial charge in [-0.25, -0.2) is 4.98 Å². The first-order valence-corrected chi connectivity index (χ1v) is 5.05. The van der Waals surface area contributed by atoms with Crippen molar-refractivity contribution in [2.45, 2.75) is 18.9 Å². The van der Waals surface area contributed by atoms with Crippen LogP contribution in [0.25, 0.3) is 0 Å². The summed E-state index contributed by atoms with van der Waals surface area (Å²) in [7, 11) is 1.96. The summed E-state index contributed by atoms with van der Waals surface area (Å²) in [5, 5.41) is 8.77. The molecule has 1 aliphatic rings. The second-order valence-electron chi connectivity index (χ2n) is 3.96. The van der Waals surface area contributed by atoms with E-state index in [2.05, 4.69) is 9.88 Å². The molecule has 1 aromatic heterocycles. The Hall–Kier alpha value is -1.58. The number of aromatic nitrogens is 1. The summed E-state index contributed by atoms with van der Waals surface area (Å²) in [6.45, 7) is 0. The van der Waals surface area contributed by atoms with Crippen molar-refractivity contribution >= 4 is 11.8 Å². The van der Waals surface area contributed by atoms with Gasteiger partial charge in [-0.05, 0) is 25.0 Å². The molecule has 1 saturated carbocycles. The number of nitrogens with zero attached hydrogens (tertiary/aromatic N) is 2. The summed E-state index contributed by atoms with van der Waals surface area (Å²) in [4.78, 5) is 16.9. The van der Waals surface area contributed by atoms with Crippen LogP contribution in [0.2, 0.25) is 0 Å². The van der Waals surface area contributed by atoms with E-state index in [0.717, 1.165) is 18.7 Å². The molecule has 4 heteroatoms. The van der Waals surface area contributed by atoms with Crippen molar-refractivity contribution in [3.05, 3.63) is 24.4 Å². The Labute approximate surface area is 88.6 Å². The molecule has 1 fully saturated rings. The van der Waals surface area contributed by atoms with Gasteiger partial charge in [0.2, 0.25) is 0 Å². The lowest BCUT2D eigenvalue weighted by molar-refractivity contribution is -0.145. The van der Waals surface area contributed by atoms with E-state index < -0.39 is 5.97 Å². The maximum Gasteiger partial charge on any atom is 0.306 e. The van der Waals surface area contributed by atoms with Gasteiger partial charge in [0.1, 0.15) is 5.82 Å². The van der Waals surface area contributed by atoms with Crippen molar-refractivity contribution < 1.29 is 9.90 Å². The van der Waals surface area contributed by atoms with Crippen molar-refractivity contribution in [1.82, 2.24) is 4.98 Å². The van der Waals surface area contributed by atoms with Crippen molar-refractivity contribution in [2.24, 2.45) is 5.92 Å². The largest absolute Gasteiger partial charge is 0.481 e. The van der Waals surface area contributed by atoms with E-state index in [-0.39, 0.29) is 5.92 Å². The second kappa shape index (κ2) is 3.88. The highest BCUT2D eigenvalue weighted by molar-refractivity contribution is 5.71. The molecular formula is C11H14N2O2. The molecule has 1 aliphatic carbocycles. The molecular weight excluding hydrogens is 192 g/mol. The lowest BCUT2D eigenvalue weighted by Gasteiger charge is -2.39. The van der Waals surface area contributed by atoms with Crippen LogP contribution >= 0.6 is 0 Å². The molecule has 1 heterocycles. The highest BCUT2D eigenvalue weighted by atomic mass is 16.4. The van der Waals surface area contributed by atoms with Gasteiger partial charge in [0.15, 0.2) is 0 Å². The number of carboxylic acids is 1. The molecule has 0 unspecified atom stereocenters. The fraction of sp³-hybridized carbons (Fsp3) is 0.455. The van der Waals surface area contributed by atoms with Crippen LogP contribution in [0.4, 0.5) is 5.82 Å². The average molecular weight is 206 g/mol. The highest BCUT2D eigenvalue weighted by Gasteiger charge is 2.37. The van der Waals surface area contributed by atoms with Crippen LogP contribution in [0.1, 0.15) is 12.8 Å². The number of anilines is 1. The van der Waals surface area contributed by atoms with Crippen molar-refractivity contribution in [2.75, 3.05) is 11.9 Å². The molecule has 0 aromatic carbocycles. The Balaban J connectivity index is 1.95. The average Bonchev–Trinajstić information content (AvgIpc) is 2.16. The van der Waals surface area contributed by atoms with Gasteiger partial charge in [-0.15, -0.1) is 0 Å². The predicted molar refractivity (Wildman–Crippen MR) is 56.8 cm³/mol. The highest BCUT2D eigenvalue weighted by Crippen LogP contribution is 2.32. The Kier molecular flexibility index (Phi) is 2.58. The van der Waals surface area contributed by atoms with E-state index >= 15 is 0 Å². The second-order valence-corrected chi connectivity index (χ2v) is 3.96. The monoisotopic (exact) mass is 206 g/mol. The fourth-order valence-electron chi connectivity index (χ4n) is 1.86. The van der Waals surface area contributed by atoms with Gasteiger partial charge in [-0.3, -0.25) is 4.79 Å². The summed E-state index contributed by atoms with van der Waals surface area (Å²) in [5.41, 5.74) is 0. The van der Waals surface area contributed by atoms with Crippen LogP contribution < -0.4 is 4.90 Å². The smallest absolute Gasteiger partial charge is 0.306 e. The topological polar surface area (TPSA) is 53.4 Å². The normalized spacial score (nSPS) is 24.3. The number of aliphatic carboxylic acids is 1. The third-order valence-corrected chi connectivity index (χ3v) is 3.02. The minimum absolute atomic E-state index is 0.166. The summed E-state index contributed by atoms with van der Waals surface area (Å²) in [6, 6.07) is 6.07. The quantitative estimate of drug-likeness (QED) is 0.811. The Morgan fingerprint density at radius 3 is 2.80 bits per heavy atom. The van der Waals surface area contributed by atoms with Crippen LogP contribution in [0.5, 0.6) is 0 Å². The number of rotatable bonds is 3. The fourth-order valence-corrected chi connectivity index (χ4v) is 1.86.